The van der Waals surface area contributed by atoms with E-state index in [1.54, 1.807) is 0 Å². The highest BCUT2D eigenvalue weighted by molar-refractivity contribution is 6.98. The largest absolute Gasteiger partial charge is 0.458 e. The summed E-state index contributed by atoms with van der Waals surface area (Å²) in [5.74, 6) is 4.98. The van der Waals surface area contributed by atoms with Crippen LogP contribution in [0, 0.1) is 0 Å². The molecule has 0 saturated heterocycles. The van der Waals surface area contributed by atoms with Crippen LogP contribution in [0.1, 0.15) is 103 Å². The average Bonchev–Trinajstić information content (AvgIpc) is 3.89. The van der Waals surface area contributed by atoms with Crippen LogP contribution in [0.5, 0.6) is 23.0 Å². The number of fused-ring (bicyclic) bond motifs is 10. The van der Waals surface area contributed by atoms with Gasteiger partial charge in [0.05, 0.1) is 22.3 Å². The number of aromatic nitrogens is 2. The molecule has 0 saturated carbocycles. The molecule has 10 aromatic rings. The molecule has 2 aliphatic rings. The lowest BCUT2D eigenvalue weighted by Gasteiger charge is -2.35. The van der Waals surface area contributed by atoms with Gasteiger partial charge in [0, 0.05) is 27.2 Å². The van der Waals surface area contributed by atoms with Crippen molar-refractivity contribution in [3.63, 3.8) is 0 Å². The summed E-state index contributed by atoms with van der Waals surface area (Å²) in [6.45, 7) is 22.7. The molecule has 8 aromatic carbocycles. The Morgan fingerprint density at radius 2 is 1.13 bits per heavy atom. The fourth-order valence-electron chi connectivity index (χ4n) is 10.8. The van der Waals surface area contributed by atoms with Gasteiger partial charge in [-0.1, -0.05) is 166 Å². The summed E-state index contributed by atoms with van der Waals surface area (Å²) in [5, 5.41) is 4.22. The van der Waals surface area contributed by atoms with Crippen molar-refractivity contribution in [1.29, 1.82) is 0 Å². The Morgan fingerprint density at radius 3 is 1.78 bits per heavy atom. The zero-order valence-corrected chi connectivity index (χ0v) is 40.1. The molecule has 4 heterocycles. The van der Waals surface area contributed by atoms with E-state index in [1.807, 2.05) is 0 Å². The summed E-state index contributed by atoms with van der Waals surface area (Å²) in [7, 11) is 0. The third kappa shape index (κ3) is 6.39. The Bertz CT molecular complexity index is 3630. The Balaban J connectivity index is 1.04. The lowest BCUT2D eigenvalue weighted by molar-refractivity contribution is 0.467. The number of furan rings is 1. The molecule has 0 radical (unpaired) electrons. The molecule has 67 heavy (non-hydrogen) atoms. The van der Waals surface area contributed by atoms with Gasteiger partial charge >= 0.3 is 0 Å². The zero-order valence-electron chi connectivity index (χ0n) is 40.1. The molecule has 0 aliphatic carbocycles. The first-order chi connectivity index (χ1) is 32.1. The highest BCUT2D eigenvalue weighted by atomic mass is 16.5. The van der Waals surface area contributed by atoms with Gasteiger partial charge in [0.1, 0.15) is 40.0 Å². The first-order valence-electron chi connectivity index (χ1n) is 23.9. The SMILES string of the molecule is CC(C)c1cccc(C(C)C)c1-n1c(-c2cccc3c2oc2c(-c4ccc5c6c7c(cc5c4)Oc4ccc(C(C)(C)C)cc4B7c4cc(C(C)(C)C)ccc4O6)cccc23)nc2ccccc21. The molecule has 0 N–H and O–H groups in total. The van der Waals surface area contributed by atoms with E-state index in [1.165, 1.54) is 38.9 Å². The van der Waals surface area contributed by atoms with Crippen molar-refractivity contribution in [3.8, 4) is 51.2 Å². The molecule has 0 unspecified atom stereocenters. The Morgan fingerprint density at radius 1 is 0.537 bits per heavy atom. The van der Waals surface area contributed by atoms with Gasteiger partial charge in [0.25, 0.3) is 6.71 Å². The van der Waals surface area contributed by atoms with Crippen molar-refractivity contribution >= 4 is 66.8 Å². The predicted octanol–water partition coefficient (Wildman–Crippen LogP) is 15.0. The van der Waals surface area contributed by atoms with Crippen LogP contribution < -0.4 is 25.9 Å². The van der Waals surface area contributed by atoms with E-state index >= 15 is 0 Å². The van der Waals surface area contributed by atoms with Crippen molar-refractivity contribution in [2.24, 2.45) is 0 Å². The van der Waals surface area contributed by atoms with Crippen LogP contribution in [0.4, 0.5) is 0 Å². The van der Waals surface area contributed by atoms with Crippen LogP contribution in [0.2, 0.25) is 0 Å². The third-order valence-electron chi connectivity index (χ3n) is 14.4. The van der Waals surface area contributed by atoms with Gasteiger partial charge < -0.3 is 13.9 Å². The summed E-state index contributed by atoms with van der Waals surface area (Å²) in [6.07, 6.45) is 0. The normalized spacial score (nSPS) is 13.4. The van der Waals surface area contributed by atoms with E-state index in [2.05, 4.69) is 213 Å². The van der Waals surface area contributed by atoms with E-state index in [0.29, 0.717) is 11.8 Å². The molecular weight excluding hydrogens is 819 g/mol. The molecule has 2 aromatic heterocycles. The van der Waals surface area contributed by atoms with Crippen molar-refractivity contribution < 1.29 is 13.9 Å². The third-order valence-corrected chi connectivity index (χ3v) is 14.4. The van der Waals surface area contributed by atoms with Crippen molar-refractivity contribution in [1.82, 2.24) is 9.55 Å². The summed E-state index contributed by atoms with van der Waals surface area (Å²) in [6, 6.07) is 50.6. The van der Waals surface area contributed by atoms with Gasteiger partial charge in [-0.2, -0.15) is 0 Å². The monoisotopic (exact) mass is 874 g/mol. The first kappa shape index (κ1) is 41.4. The van der Waals surface area contributed by atoms with Crippen LogP contribution in [-0.2, 0) is 10.8 Å². The lowest BCUT2D eigenvalue weighted by atomic mass is 9.34. The van der Waals surface area contributed by atoms with Gasteiger partial charge in [-0.3, -0.25) is 4.57 Å². The predicted molar refractivity (Wildman–Crippen MR) is 280 cm³/mol. The number of ether oxygens (including phenoxy) is 2. The second kappa shape index (κ2) is 14.7. The quantitative estimate of drug-likeness (QED) is 0.162. The summed E-state index contributed by atoms with van der Waals surface area (Å²) in [4.78, 5) is 5.39. The molecule has 0 fully saturated rings. The molecular formula is C61H55BN2O3. The summed E-state index contributed by atoms with van der Waals surface area (Å²) < 4.78 is 23.5. The Hall–Kier alpha value is -7.05. The molecule has 12 rings (SSSR count). The Labute approximate surface area is 393 Å². The standard InChI is InChI=1S/C61H55BN2O3/c1-34(2)40-16-13-17-41(35(3)4)55(40)64-50-23-12-11-22-49(50)63-59(64)46-21-15-20-45-44-19-14-18-42(56(44)67-57(45)46)36-24-27-43-37(30-36)31-53-54-58(43)66-52-29-26-39(61(8,9)10)33-48(52)62(54)47-32-38(60(5,6)7)25-28-51(47)65-53/h11-35H,1-10H3. The van der Waals surface area contributed by atoms with E-state index in [-0.39, 0.29) is 17.5 Å². The minimum absolute atomic E-state index is 0.0163. The fraction of sp³-hybridized carbons (Fsp3) is 0.230. The minimum Gasteiger partial charge on any atom is -0.458 e. The maximum Gasteiger partial charge on any atom is 0.260 e. The maximum absolute atomic E-state index is 7.18. The molecule has 0 amide bonds. The molecule has 2 aliphatic heterocycles. The van der Waals surface area contributed by atoms with E-state index in [9.17, 15) is 0 Å². The number of imidazole rings is 1. The van der Waals surface area contributed by atoms with Gasteiger partial charge in [-0.05, 0) is 109 Å². The highest BCUT2D eigenvalue weighted by Gasteiger charge is 2.42. The van der Waals surface area contributed by atoms with E-state index in [4.69, 9.17) is 18.9 Å². The molecule has 0 bridgehead atoms. The van der Waals surface area contributed by atoms with Gasteiger partial charge in [-0.15, -0.1) is 0 Å². The van der Waals surface area contributed by atoms with E-state index in [0.717, 1.165) is 94.7 Å². The number of hydrogen-bond donors (Lipinski definition) is 0. The topological polar surface area (TPSA) is 49.4 Å². The Kier molecular flexibility index (Phi) is 9.10. The molecule has 0 atom stereocenters. The minimum atomic E-state index is -0.0336. The van der Waals surface area contributed by atoms with Crippen LogP contribution in [-0.4, -0.2) is 16.3 Å². The van der Waals surface area contributed by atoms with Crippen LogP contribution in [0.15, 0.2) is 144 Å². The molecule has 330 valence electrons. The van der Waals surface area contributed by atoms with Crippen LogP contribution >= 0.6 is 0 Å². The van der Waals surface area contributed by atoms with Crippen molar-refractivity contribution in [3.05, 3.63) is 162 Å². The zero-order chi connectivity index (χ0) is 46.3. The highest BCUT2D eigenvalue weighted by Crippen LogP contribution is 2.46. The van der Waals surface area contributed by atoms with Crippen molar-refractivity contribution in [2.75, 3.05) is 0 Å². The van der Waals surface area contributed by atoms with Crippen molar-refractivity contribution in [2.45, 2.75) is 91.9 Å². The second-order valence-electron chi connectivity index (χ2n) is 21.5. The number of nitrogens with zero attached hydrogens (tertiary/aromatic N) is 2. The molecule has 0 spiro atoms. The van der Waals surface area contributed by atoms with Crippen LogP contribution in [0.25, 0.3) is 71.9 Å². The second-order valence-corrected chi connectivity index (χ2v) is 21.5. The fourth-order valence-corrected chi connectivity index (χ4v) is 10.8. The molecule has 5 nitrogen and oxygen atoms in total. The van der Waals surface area contributed by atoms with E-state index < -0.39 is 0 Å². The molecule has 6 heteroatoms. The lowest BCUT2D eigenvalue weighted by Crippen LogP contribution is -2.57. The van der Waals surface area contributed by atoms with Gasteiger partial charge in [0.15, 0.2) is 0 Å². The van der Waals surface area contributed by atoms with Gasteiger partial charge in [-0.25, -0.2) is 4.98 Å². The number of para-hydroxylation sites is 5. The summed E-state index contributed by atoms with van der Waals surface area (Å²) >= 11 is 0. The first-order valence-corrected chi connectivity index (χ1v) is 23.9. The van der Waals surface area contributed by atoms with Gasteiger partial charge in [0.2, 0.25) is 0 Å². The average molecular weight is 875 g/mol. The summed E-state index contributed by atoms with van der Waals surface area (Å²) in [5.41, 5.74) is 16.5. The smallest absolute Gasteiger partial charge is 0.260 e. The maximum atomic E-state index is 7.18. The number of rotatable bonds is 5. The number of hydrogen-bond acceptors (Lipinski definition) is 4. The number of benzene rings is 8. The van der Waals surface area contributed by atoms with Crippen LogP contribution in [0.3, 0.4) is 0 Å².